The van der Waals surface area contributed by atoms with Crippen LogP contribution in [0.1, 0.15) is 22.3 Å². The molecule has 0 radical (unpaired) electrons. The van der Waals surface area contributed by atoms with Gasteiger partial charge in [-0.05, 0) is 114 Å². The first-order chi connectivity index (χ1) is 24.4. The van der Waals surface area contributed by atoms with Crippen LogP contribution in [0.4, 0.5) is 11.4 Å². The standard InChI is InChI=1S/C46H42N2O2/c1-47(2)35-23-15-31(16-24-35)43(32-17-25-36(26-18-32)48(3)4)45-39-11-7-9-13-41(39)46(42-14-10-8-12-40(42)45)44(33-19-27-37(49-5)28-20-33)34-21-29-38(50-6)30-22-34/h7-30H,1-6H3. The summed E-state index contributed by atoms with van der Waals surface area (Å²) in [5.74, 6) is 1.65. The minimum absolute atomic E-state index is 0.827. The van der Waals surface area contributed by atoms with E-state index in [2.05, 4.69) is 159 Å². The van der Waals surface area contributed by atoms with Gasteiger partial charge in [-0.15, -0.1) is 0 Å². The maximum atomic E-state index is 5.56. The molecule has 0 spiro atoms. The van der Waals surface area contributed by atoms with Crippen LogP contribution in [0.3, 0.4) is 0 Å². The van der Waals surface area contributed by atoms with Crippen molar-refractivity contribution in [3.63, 3.8) is 0 Å². The lowest BCUT2D eigenvalue weighted by molar-refractivity contribution is 0.414. The summed E-state index contributed by atoms with van der Waals surface area (Å²) < 4.78 is 11.1. The van der Waals surface area contributed by atoms with Crippen molar-refractivity contribution < 1.29 is 9.47 Å². The van der Waals surface area contributed by atoms with Crippen molar-refractivity contribution in [3.8, 4) is 11.5 Å². The van der Waals surface area contributed by atoms with Gasteiger partial charge in [-0.3, -0.25) is 0 Å². The van der Waals surface area contributed by atoms with Crippen LogP contribution in [0.5, 0.6) is 11.5 Å². The Hall–Kier alpha value is -6.00. The van der Waals surface area contributed by atoms with Gasteiger partial charge in [0.15, 0.2) is 0 Å². The number of nitrogens with zero attached hydrogens (tertiary/aromatic N) is 2. The molecule has 0 N–H and O–H groups in total. The summed E-state index contributed by atoms with van der Waals surface area (Å²) in [5, 5.41) is 7.19. The molecule has 0 fully saturated rings. The molecular weight excluding hydrogens is 613 g/mol. The van der Waals surface area contributed by atoms with Crippen molar-refractivity contribution >= 4 is 44.1 Å². The lowest BCUT2D eigenvalue weighted by Gasteiger charge is -2.19. The predicted molar refractivity (Wildman–Crippen MR) is 211 cm³/mol. The minimum Gasteiger partial charge on any atom is -0.497 e. The third-order valence-electron chi connectivity index (χ3n) is 9.53. The first-order valence-corrected chi connectivity index (χ1v) is 16.9. The van der Waals surface area contributed by atoms with E-state index in [9.17, 15) is 0 Å². The van der Waals surface area contributed by atoms with Gasteiger partial charge in [-0.1, -0.05) is 97.1 Å². The van der Waals surface area contributed by atoms with E-state index in [-0.39, 0.29) is 0 Å². The molecule has 4 heteroatoms. The lowest BCUT2D eigenvalue weighted by atomic mass is 9.86. The van der Waals surface area contributed by atoms with E-state index >= 15 is 0 Å². The fourth-order valence-electron chi connectivity index (χ4n) is 6.95. The molecule has 0 aliphatic rings. The van der Waals surface area contributed by atoms with E-state index in [0.717, 1.165) is 28.2 Å². The molecule has 0 aliphatic carbocycles. The van der Waals surface area contributed by atoms with Crippen molar-refractivity contribution in [3.05, 3.63) is 178 Å². The Kier molecular flexibility index (Phi) is 9.02. The van der Waals surface area contributed by atoms with Gasteiger partial charge in [0.2, 0.25) is 0 Å². The molecule has 0 atom stereocenters. The highest BCUT2D eigenvalue weighted by atomic mass is 16.5. The Morgan fingerprint density at radius 3 is 0.860 bits per heavy atom. The summed E-state index contributed by atoms with van der Waals surface area (Å²) in [6.07, 6.45) is 0. The first-order valence-electron chi connectivity index (χ1n) is 16.9. The second-order valence-corrected chi connectivity index (χ2v) is 12.9. The topological polar surface area (TPSA) is 24.9 Å². The van der Waals surface area contributed by atoms with Gasteiger partial charge in [0.05, 0.1) is 14.2 Å². The second-order valence-electron chi connectivity index (χ2n) is 12.9. The number of ether oxygens (including phenoxy) is 2. The molecule has 7 aromatic carbocycles. The van der Waals surface area contributed by atoms with Gasteiger partial charge in [0, 0.05) is 39.6 Å². The number of hydrogen-bond acceptors (Lipinski definition) is 4. The molecule has 0 unspecified atom stereocenters. The highest BCUT2D eigenvalue weighted by molar-refractivity contribution is 6.06. The average molecular weight is 655 g/mol. The van der Waals surface area contributed by atoms with Gasteiger partial charge in [0.25, 0.3) is 0 Å². The summed E-state index contributed by atoms with van der Waals surface area (Å²) in [6.45, 7) is 0. The van der Waals surface area contributed by atoms with Gasteiger partial charge in [-0.2, -0.15) is 0 Å². The summed E-state index contributed by atoms with van der Waals surface area (Å²) in [4.78, 5) is 4.29. The third-order valence-corrected chi connectivity index (χ3v) is 9.53. The highest BCUT2D eigenvalue weighted by Gasteiger charge is 2.17. The molecule has 0 aliphatic heterocycles. The largest absolute Gasteiger partial charge is 0.497 e. The van der Waals surface area contributed by atoms with Crippen LogP contribution < -0.4 is 29.7 Å². The van der Waals surface area contributed by atoms with E-state index in [4.69, 9.17) is 9.47 Å². The Balaban J connectivity index is 1.71. The Morgan fingerprint density at radius 1 is 0.360 bits per heavy atom. The molecule has 0 bridgehead atoms. The Labute approximate surface area is 294 Å². The van der Waals surface area contributed by atoms with Crippen LogP contribution >= 0.6 is 0 Å². The molecule has 7 rings (SSSR count). The summed E-state index contributed by atoms with van der Waals surface area (Å²) in [6, 6.07) is 52.4. The van der Waals surface area contributed by atoms with E-state index in [1.54, 1.807) is 14.2 Å². The molecule has 4 nitrogen and oxygen atoms in total. The summed E-state index contributed by atoms with van der Waals surface area (Å²) >= 11 is 0. The van der Waals surface area contributed by atoms with Crippen LogP contribution in [0.2, 0.25) is 0 Å². The molecule has 50 heavy (non-hydrogen) atoms. The smallest absolute Gasteiger partial charge is 0.118 e. The van der Waals surface area contributed by atoms with Gasteiger partial charge in [-0.25, -0.2) is 0 Å². The first kappa shape index (κ1) is 32.5. The van der Waals surface area contributed by atoms with Crippen molar-refractivity contribution in [1.82, 2.24) is 0 Å². The zero-order valence-corrected chi connectivity index (χ0v) is 29.6. The molecule has 0 heterocycles. The van der Waals surface area contributed by atoms with Crippen LogP contribution in [0.15, 0.2) is 146 Å². The van der Waals surface area contributed by atoms with Gasteiger partial charge >= 0.3 is 0 Å². The predicted octanol–water partition coefficient (Wildman–Crippen LogP) is 8.64. The van der Waals surface area contributed by atoms with Crippen LogP contribution in [-0.4, -0.2) is 42.4 Å². The SMILES string of the molecule is COc1ccc(C(c2ccc(OC)cc2)=c2c3ccccc3c(=C(c3ccc(N(C)C)cc3)c3ccc(N(C)C)cc3)c3ccccc23)cc1. The maximum absolute atomic E-state index is 5.56. The van der Waals surface area contributed by atoms with E-state index in [1.165, 1.54) is 60.1 Å². The molecule has 248 valence electrons. The van der Waals surface area contributed by atoms with Crippen LogP contribution in [-0.2, 0) is 0 Å². The highest BCUT2D eigenvalue weighted by Crippen LogP contribution is 2.30. The van der Waals surface area contributed by atoms with Crippen molar-refractivity contribution in [2.75, 3.05) is 52.2 Å². The summed E-state index contributed by atoms with van der Waals surface area (Å²) in [5.41, 5.74) is 9.26. The monoisotopic (exact) mass is 654 g/mol. The second kappa shape index (κ2) is 13.9. The van der Waals surface area contributed by atoms with Gasteiger partial charge < -0.3 is 19.3 Å². The van der Waals surface area contributed by atoms with Crippen molar-refractivity contribution in [1.29, 1.82) is 0 Å². The molecule has 0 aromatic heterocycles. The fraction of sp³-hybridized carbons (Fsp3) is 0.130. The number of rotatable bonds is 8. The molecule has 7 aromatic rings. The number of anilines is 2. The normalized spacial score (nSPS) is 11.0. The third kappa shape index (κ3) is 6.05. The molecular formula is C46H42N2O2. The lowest BCUT2D eigenvalue weighted by Crippen LogP contribution is -2.21. The van der Waals surface area contributed by atoms with E-state index in [1.807, 2.05) is 24.3 Å². The molecule has 0 saturated carbocycles. The maximum Gasteiger partial charge on any atom is 0.118 e. The van der Waals surface area contributed by atoms with Crippen LogP contribution in [0.25, 0.3) is 32.7 Å². The number of benzene rings is 7. The number of methoxy groups -OCH3 is 2. The van der Waals surface area contributed by atoms with E-state index in [0.29, 0.717) is 0 Å². The number of hydrogen-bond donors (Lipinski definition) is 0. The van der Waals surface area contributed by atoms with Gasteiger partial charge in [0.1, 0.15) is 11.5 Å². The zero-order valence-electron chi connectivity index (χ0n) is 29.6. The molecule has 0 amide bonds. The summed E-state index contributed by atoms with van der Waals surface area (Å²) in [7, 11) is 11.7. The fourth-order valence-corrected chi connectivity index (χ4v) is 6.95. The molecule has 0 saturated heterocycles. The minimum atomic E-state index is 0.827. The van der Waals surface area contributed by atoms with Crippen LogP contribution in [0, 0.1) is 0 Å². The Morgan fingerprint density at radius 2 is 0.620 bits per heavy atom. The zero-order chi connectivity index (χ0) is 34.8. The van der Waals surface area contributed by atoms with Crippen molar-refractivity contribution in [2.45, 2.75) is 0 Å². The van der Waals surface area contributed by atoms with E-state index < -0.39 is 0 Å². The average Bonchev–Trinajstić information content (AvgIpc) is 3.16. The number of fused-ring (bicyclic) bond motifs is 2. The quantitative estimate of drug-likeness (QED) is 0.153. The van der Waals surface area contributed by atoms with Crippen molar-refractivity contribution in [2.24, 2.45) is 0 Å². The Bertz CT molecular complexity index is 2240.